The molecule has 0 radical (unpaired) electrons. The molecule has 0 aliphatic carbocycles. The van der Waals surface area contributed by atoms with Crippen LogP contribution in [0.5, 0.6) is 0 Å². The van der Waals surface area contributed by atoms with Gasteiger partial charge >= 0.3 is 11.9 Å². The van der Waals surface area contributed by atoms with Gasteiger partial charge < -0.3 is 4.74 Å². The second kappa shape index (κ2) is 6.57. The standard InChI is InChI=1S/C35H15NO5/c1-36-32(37)22-10-6-18-14-2-4-16-20-8-12-24-31-25(35(40)41-34(24)39)13-9-21(29(20)31)17-5-3-15(26(14)27(16)17)19-7-11-23(33(36)38)30(22)28(18)19/h2-13H,1H3. The van der Waals surface area contributed by atoms with E-state index in [4.69, 9.17) is 4.74 Å². The fourth-order valence-electron chi connectivity index (χ4n) is 7.63. The first-order valence-corrected chi connectivity index (χ1v) is 13.3. The Kier molecular flexibility index (Phi) is 3.40. The van der Waals surface area contributed by atoms with Crippen molar-refractivity contribution >= 4 is 99.2 Å². The van der Waals surface area contributed by atoms with Crippen LogP contribution < -0.4 is 0 Å². The van der Waals surface area contributed by atoms with Gasteiger partial charge in [0.05, 0.1) is 11.1 Å². The molecule has 0 bridgehead atoms. The lowest BCUT2D eigenvalue weighted by atomic mass is 9.81. The molecule has 0 fully saturated rings. The van der Waals surface area contributed by atoms with Crippen LogP contribution in [0.3, 0.4) is 0 Å². The third-order valence-electron chi connectivity index (χ3n) is 9.34. The van der Waals surface area contributed by atoms with Gasteiger partial charge in [-0.3, -0.25) is 14.5 Å². The highest BCUT2D eigenvalue weighted by Crippen LogP contribution is 2.49. The molecule has 0 N–H and O–H groups in total. The molecule has 0 aromatic heterocycles. The summed E-state index contributed by atoms with van der Waals surface area (Å²) in [5, 5.41) is 13.5. The number of nitrogens with zero attached hydrogens (tertiary/aromatic N) is 1. The van der Waals surface area contributed by atoms with E-state index in [1.165, 1.54) is 11.9 Å². The van der Waals surface area contributed by atoms with Gasteiger partial charge in [-0.2, -0.15) is 0 Å². The fraction of sp³-hybridized carbons (Fsp3) is 0.0286. The van der Waals surface area contributed by atoms with Gasteiger partial charge in [-0.15, -0.1) is 0 Å². The lowest BCUT2D eigenvalue weighted by Gasteiger charge is -2.26. The van der Waals surface area contributed by atoms with Crippen molar-refractivity contribution in [3.63, 3.8) is 0 Å². The maximum atomic E-state index is 13.1. The molecule has 2 aliphatic heterocycles. The van der Waals surface area contributed by atoms with E-state index >= 15 is 0 Å². The molecule has 2 heterocycles. The highest BCUT2D eigenvalue weighted by molar-refractivity contribution is 6.45. The third-order valence-corrected chi connectivity index (χ3v) is 9.34. The minimum atomic E-state index is -0.623. The summed E-state index contributed by atoms with van der Waals surface area (Å²) in [7, 11) is 1.52. The molecule has 0 atom stereocenters. The summed E-state index contributed by atoms with van der Waals surface area (Å²) in [6.45, 7) is 0. The minimum absolute atomic E-state index is 0.291. The SMILES string of the molecule is CN1C(=O)c2ccc3c4ccc5c6ccc7c8c(ccc(c9ccc(c%10ccc(c2c3%10)C1=O)c4c59)c86)C(=O)OC7=O. The van der Waals surface area contributed by atoms with Crippen LogP contribution in [-0.4, -0.2) is 35.7 Å². The average Bonchev–Trinajstić information content (AvgIpc) is 2.99. The van der Waals surface area contributed by atoms with E-state index < -0.39 is 11.9 Å². The van der Waals surface area contributed by atoms with Gasteiger partial charge in [-0.25, -0.2) is 9.59 Å². The summed E-state index contributed by atoms with van der Waals surface area (Å²) < 4.78 is 5.00. The summed E-state index contributed by atoms with van der Waals surface area (Å²) in [5.41, 5.74) is 1.88. The molecule has 2 aliphatic rings. The predicted molar refractivity (Wildman–Crippen MR) is 158 cm³/mol. The maximum Gasteiger partial charge on any atom is 0.346 e. The number of benzene rings is 8. The van der Waals surface area contributed by atoms with Crippen molar-refractivity contribution < 1.29 is 23.9 Å². The first-order valence-electron chi connectivity index (χ1n) is 13.3. The van der Waals surface area contributed by atoms with E-state index in [1.807, 2.05) is 36.4 Å². The zero-order valence-electron chi connectivity index (χ0n) is 21.4. The number of rotatable bonds is 0. The number of cyclic esters (lactones) is 2. The molecule has 2 amide bonds. The van der Waals surface area contributed by atoms with Crippen LogP contribution in [0.2, 0.25) is 0 Å². The van der Waals surface area contributed by atoms with E-state index in [0.29, 0.717) is 33.0 Å². The molecular formula is C35H15NO5. The molecule has 6 nitrogen and oxygen atoms in total. The van der Waals surface area contributed by atoms with Crippen molar-refractivity contribution in [2.24, 2.45) is 0 Å². The van der Waals surface area contributed by atoms with E-state index in [0.717, 1.165) is 64.6 Å². The monoisotopic (exact) mass is 529 g/mol. The molecule has 10 rings (SSSR count). The van der Waals surface area contributed by atoms with Crippen molar-refractivity contribution in [2.45, 2.75) is 0 Å². The third kappa shape index (κ3) is 2.19. The Morgan fingerprint density at radius 2 is 0.659 bits per heavy atom. The van der Waals surface area contributed by atoms with E-state index in [2.05, 4.69) is 24.3 Å². The van der Waals surface area contributed by atoms with Gasteiger partial charge in [0.1, 0.15) is 0 Å². The summed E-state index contributed by atoms with van der Waals surface area (Å²) in [6, 6.07) is 23.5. The summed E-state index contributed by atoms with van der Waals surface area (Å²) in [6.07, 6.45) is 0. The van der Waals surface area contributed by atoms with Crippen LogP contribution in [0, 0.1) is 0 Å². The number of amides is 2. The number of fused-ring (bicyclic) bond motifs is 4. The molecule has 0 spiro atoms. The Morgan fingerprint density at radius 1 is 0.390 bits per heavy atom. The van der Waals surface area contributed by atoms with E-state index in [1.54, 1.807) is 12.1 Å². The Labute approximate surface area is 229 Å². The van der Waals surface area contributed by atoms with Crippen molar-refractivity contribution in [1.82, 2.24) is 4.90 Å². The van der Waals surface area contributed by atoms with Crippen molar-refractivity contribution in [3.8, 4) is 0 Å². The summed E-state index contributed by atoms with van der Waals surface area (Å²) in [5.74, 6) is -1.83. The Hall–Kier alpha value is -5.62. The smallest absolute Gasteiger partial charge is 0.346 e. The molecule has 190 valence electrons. The molecule has 0 saturated heterocycles. The zero-order valence-corrected chi connectivity index (χ0v) is 21.4. The second-order valence-corrected chi connectivity index (χ2v) is 11.1. The molecular weight excluding hydrogens is 514 g/mol. The molecule has 0 saturated carbocycles. The molecule has 0 unspecified atom stereocenters. The van der Waals surface area contributed by atoms with Crippen LogP contribution in [0.15, 0.2) is 72.8 Å². The van der Waals surface area contributed by atoms with Crippen LogP contribution in [0.4, 0.5) is 0 Å². The van der Waals surface area contributed by atoms with Gasteiger partial charge in [0, 0.05) is 28.9 Å². The summed E-state index contributed by atoms with van der Waals surface area (Å²) in [4.78, 5) is 52.6. The second-order valence-electron chi connectivity index (χ2n) is 11.1. The zero-order chi connectivity index (χ0) is 27.5. The fourth-order valence-corrected chi connectivity index (χ4v) is 7.63. The first kappa shape index (κ1) is 21.2. The lowest BCUT2D eigenvalue weighted by Crippen LogP contribution is -2.36. The lowest BCUT2D eigenvalue weighted by molar-refractivity contribution is 0.0390. The maximum absolute atomic E-state index is 13.1. The minimum Gasteiger partial charge on any atom is -0.386 e. The predicted octanol–water partition coefficient (Wildman–Crippen LogP) is 7.17. The number of carbonyl (C=O) groups is 4. The van der Waals surface area contributed by atoms with Crippen LogP contribution in [-0.2, 0) is 4.74 Å². The van der Waals surface area contributed by atoms with Gasteiger partial charge in [0.25, 0.3) is 11.8 Å². The number of imide groups is 1. The molecule has 6 heteroatoms. The summed E-state index contributed by atoms with van der Waals surface area (Å²) >= 11 is 0. The average molecular weight is 530 g/mol. The number of carbonyl (C=O) groups excluding carboxylic acids is 4. The molecule has 8 aromatic carbocycles. The van der Waals surface area contributed by atoms with E-state index in [9.17, 15) is 19.2 Å². The Bertz CT molecular complexity index is 2480. The van der Waals surface area contributed by atoms with Crippen LogP contribution in [0.25, 0.3) is 75.4 Å². The van der Waals surface area contributed by atoms with Crippen molar-refractivity contribution in [2.75, 3.05) is 7.05 Å². The number of hydrogen-bond acceptors (Lipinski definition) is 5. The van der Waals surface area contributed by atoms with Crippen molar-refractivity contribution in [3.05, 3.63) is 95.1 Å². The highest BCUT2D eigenvalue weighted by Gasteiger charge is 2.33. The number of hydrogen-bond donors (Lipinski definition) is 0. The largest absolute Gasteiger partial charge is 0.386 e. The quantitative estimate of drug-likeness (QED) is 0.0684. The van der Waals surface area contributed by atoms with Gasteiger partial charge in [0.2, 0.25) is 0 Å². The highest BCUT2D eigenvalue weighted by atomic mass is 16.6. The Balaban J connectivity index is 1.46. The van der Waals surface area contributed by atoms with Gasteiger partial charge in [-0.1, -0.05) is 48.5 Å². The number of esters is 2. The van der Waals surface area contributed by atoms with Crippen LogP contribution in [0.1, 0.15) is 41.4 Å². The normalized spacial score (nSPS) is 15.3. The molecule has 8 aromatic rings. The van der Waals surface area contributed by atoms with Crippen LogP contribution >= 0.6 is 0 Å². The van der Waals surface area contributed by atoms with Crippen molar-refractivity contribution in [1.29, 1.82) is 0 Å². The molecule has 41 heavy (non-hydrogen) atoms. The van der Waals surface area contributed by atoms with Gasteiger partial charge in [-0.05, 0) is 88.9 Å². The van der Waals surface area contributed by atoms with Gasteiger partial charge in [0.15, 0.2) is 0 Å². The first-order chi connectivity index (χ1) is 19.9. The van der Waals surface area contributed by atoms with E-state index in [-0.39, 0.29) is 11.8 Å². The Morgan fingerprint density at radius 3 is 1.02 bits per heavy atom. The topological polar surface area (TPSA) is 80.8 Å². The number of ether oxygens (including phenoxy) is 1.